The average Bonchev–Trinajstić information content (AvgIpc) is 2.80. The third kappa shape index (κ3) is 3.79. The van der Waals surface area contributed by atoms with Gasteiger partial charge in [0.05, 0.1) is 12.8 Å². The molecule has 0 bridgehead atoms. The van der Waals surface area contributed by atoms with Crippen LogP contribution in [0.15, 0.2) is 24.3 Å². The van der Waals surface area contributed by atoms with E-state index in [1.165, 1.54) is 19.2 Å². The molecule has 1 heterocycles. The Labute approximate surface area is 127 Å². The predicted octanol–water partition coefficient (Wildman–Crippen LogP) is 3.93. The van der Waals surface area contributed by atoms with Crippen molar-refractivity contribution in [3.8, 4) is 5.75 Å². The van der Waals surface area contributed by atoms with Gasteiger partial charge in [-0.2, -0.15) is 8.78 Å². The molecular weight excluding hydrogens is 326 g/mol. The van der Waals surface area contributed by atoms with Gasteiger partial charge in [-0.3, -0.25) is 0 Å². The lowest BCUT2D eigenvalue weighted by atomic mass is 10.3. The van der Waals surface area contributed by atoms with Crippen molar-refractivity contribution in [2.24, 2.45) is 0 Å². The van der Waals surface area contributed by atoms with Crippen LogP contribution in [-0.4, -0.2) is 24.7 Å². The highest BCUT2D eigenvalue weighted by Gasteiger charge is 2.18. The maximum atomic E-state index is 12.3. The Balaban J connectivity index is 2.24. The number of thiazole rings is 1. The first-order chi connectivity index (χ1) is 10.0. The number of aromatic nitrogens is 1. The zero-order valence-corrected chi connectivity index (χ0v) is 12.2. The van der Waals surface area contributed by atoms with Crippen LogP contribution in [0.5, 0.6) is 5.75 Å². The van der Waals surface area contributed by atoms with Crippen LogP contribution in [0.1, 0.15) is 9.67 Å². The number of carbonyl (C=O) groups excluding carboxylic acids is 1. The van der Waals surface area contributed by atoms with Crippen LogP contribution in [0.3, 0.4) is 0 Å². The van der Waals surface area contributed by atoms with E-state index in [1.54, 1.807) is 12.1 Å². The van der Waals surface area contributed by atoms with E-state index in [0.717, 1.165) is 11.3 Å². The fourth-order valence-corrected chi connectivity index (χ4v) is 2.57. The van der Waals surface area contributed by atoms with Crippen molar-refractivity contribution < 1.29 is 23.0 Å². The Morgan fingerprint density at radius 2 is 2.14 bits per heavy atom. The Morgan fingerprint density at radius 3 is 2.81 bits per heavy atom. The first-order valence-electron chi connectivity index (χ1n) is 5.56. The molecule has 0 spiro atoms. The van der Waals surface area contributed by atoms with Crippen molar-refractivity contribution in [2.45, 2.75) is 6.61 Å². The number of rotatable bonds is 5. The third-order valence-electron chi connectivity index (χ3n) is 2.30. The molecule has 1 N–H and O–H groups in total. The van der Waals surface area contributed by atoms with Crippen LogP contribution < -0.4 is 10.1 Å². The summed E-state index contributed by atoms with van der Waals surface area (Å²) in [6.07, 6.45) is 0. The lowest BCUT2D eigenvalue weighted by Crippen LogP contribution is -2.04. The van der Waals surface area contributed by atoms with Crippen molar-refractivity contribution >= 4 is 39.7 Å². The number of halogens is 3. The summed E-state index contributed by atoms with van der Waals surface area (Å²) in [6, 6.07) is 6.10. The van der Waals surface area contributed by atoms with Gasteiger partial charge in [-0.1, -0.05) is 35.1 Å². The zero-order valence-electron chi connectivity index (χ0n) is 10.6. The molecule has 0 amide bonds. The molecule has 2 aromatic rings. The van der Waals surface area contributed by atoms with Gasteiger partial charge in [0.25, 0.3) is 0 Å². The highest BCUT2D eigenvalue weighted by atomic mass is 35.5. The molecule has 0 aliphatic rings. The molecule has 112 valence electrons. The molecule has 0 unspecified atom stereocenters. The number of hydrogen-bond acceptors (Lipinski definition) is 6. The minimum absolute atomic E-state index is 0.0263. The van der Waals surface area contributed by atoms with Gasteiger partial charge in [-0.15, -0.1) is 0 Å². The molecule has 1 aromatic heterocycles. The first kappa shape index (κ1) is 15.5. The maximum absolute atomic E-state index is 12.3. The molecule has 5 nitrogen and oxygen atoms in total. The molecule has 0 aliphatic carbocycles. The fraction of sp³-hybridized carbons (Fsp3) is 0.167. The summed E-state index contributed by atoms with van der Waals surface area (Å²) in [5.41, 5.74) is 0.277. The summed E-state index contributed by atoms with van der Waals surface area (Å²) in [5, 5.41) is 3.00. The second-order valence-electron chi connectivity index (χ2n) is 3.63. The molecule has 0 fully saturated rings. The van der Waals surface area contributed by atoms with Gasteiger partial charge < -0.3 is 14.8 Å². The van der Waals surface area contributed by atoms with Crippen LogP contribution in [0, 0.1) is 0 Å². The molecule has 0 saturated carbocycles. The monoisotopic (exact) mass is 334 g/mol. The number of esters is 1. The number of anilines is 2. The van der Waals surface area contributed by atoms with Crippen molar-refractivity contribution in [1.29, 1.82) is 0 Å². The molecule has 0 radical (unpaired) electrons. The van der Waals surface area contributed by atoms with Gasteiger partial charge in [0.2, 0.25) is 0 Å². The Morgan fingerprint density at radius 1 is 1.43 bits per heavy atom. The van der Waals surface area contributed by atoms with E-state index >= 15 is 0 Å². The van der Waals surface area contributed by atoms with Gasteiger partial charge in [-0.25, -0.2) is 9.78 Å². The van der Waals surface area contributed by atoms with E-state index in [-0.39, 0.29) is 26.6 Å². The lowest BCUT2D eigenvalue weighted by Gasteiger charge is -2.10. The van der Waals surface area contributed by atoms with Crippen molar-refractivity contribution in [1.82, 2.24) is 4.98 Å². The number of carbonyl (C=O) groups is 1. The molecule has 9 heteroatoms. The molecule has 1 aromatic carbocycles. The van der Waals surface area contributed by atoms with Gasteiger partial charge in [0, 0.05) is 0 Å². The molecule has 0 saturated heterocycles. The first-order valence-corrected chi connectivity index (χ1v) is 6.76. The molecule has 0 atom stereocenters. The van der Waals surface area contributed by atoms with Crippen LogP contribution in [-0.2, 0) is 4.74 Å². The normalized spacial score (nSPS) is 10.5. The summed E-state index contributed by atoms with van der Waals surface area (Å²) < 4.78 is 33.6. The standard InChI is InChI=1S/C12H9ClF2N2O3S/c1-19-10(18)8-9(13)17-12(21-8)16-6-4-2-3-5-7(6)20-11(14)15/h2-5,11H,1H3,(H,16,17). The number of nitrogens with zero attached hydrogens (tertiary/aromatic N) is 1. The summed E-state index contributed by atoms with van der Waals surface area (Å²) in [7, 11) is 1.22. The molecule has 21 heavy (non-hydrogen) atoms. The number of ether oxygens (including phenoxy) is 2. The second kappa shape index (κ2) is 6.68. The van der Waals surface area contributed by atoms with Crippen molar-refractivity contribution in [3.05, 3.63) is 34.3 Å². The van der Waals surface area contributed by atoms with Crippen molar-refractivity contribution in [3.63, 3.8) is 0 Å². The van der Waals surface area contributed by atoms with E-state index in [2.05, 4.69) is 19.8 Å². The SMILES string of the molecule is COC(=O)c1sc(Nc2ccccc2OC(F)F)nc1Cl. The zero-order chi connectivity index (χ0) is 15.4. The molecule has 0 aliphatic heterocycles. The number of para-hydroxylation sites is 2. The smallest absolute Gasteiger partial charge is 0.387 e. The summed E-state index contributed by atoms with van der Waals surface area (Å²) in [5.74, 6) is -0.666. The lowest BCUT2D eigenvalue weighted by molar-refractivity contribution is -0.0493. The average molecular weight is 335 g/mol. The van der Waals surface area contributed by atoms with Crippen LogP contribution >= 0.6 is 22.9 Å². The second-order valence-corrected chi connectivity index (χ2v) is 4.99. The predicted molar refractivity (Wildman–Crippen MR) is 74.8 cm³/mol. The minimum atomic E-state index is -2.95. The van der Waals surface area contributed by atoms with Gasteiger partial charge >= 0.3 is 12.6 Å². The topological polar surface area (TPSA) is 60.5 Å². The number of hydrogen-bond donors (Lipinski definition) is 1. The summed E-state index contributed by atoms with van der Waals surface area (Å²) in [4.78, 5) is 15.5. The largest absolute Gasteiger partial charge is 0.465 e. The third-order valence-corrected chi connectivity index (χ3v) is 3.64. The van der Waals surface area contributed by atoms with Crippen LogP contribution in [0.25, 0.3) is 0 Å². The van der Waals surface area contributed by atoms with E-state index < -0.39 is 12.6 Å². The van der Waals surface area contributed by atoms with E-state index in [4.69, 9.17) is 11.6 Å². The quantitative estimate of drug-likeness (QED) is 0.839. The van der Waals surface area contributed by atoms with E-state index in [9.17, 15) is 13.6 Å². The minimum Gasteiger partial charge on any atom is -0.465 e. The van der Waals surface area contributed by atoms with Gasteiger partial charge in [-0.05, 0) is 12.1 Å². The number of benzene rings is 1. The molecular formula is C12H9ClF2N2O3S. The van der Waals surface area contributed by atoms with Gasteiger partial charge in [0.15, 0.2) is 15.2 Å². The highest BCUT2D eigenvalue weighted by molar-refractivity contribution is 7.18. The van der Waals surface area contributed by atoms with Crippen LogP contribution in [0.4, 0.5) is 19.6 Å². The fourth-order valence-electron chi connectivity index (χ4n) is 1.46. The Bertz CT molecular complexity index is 651. The maximum Gasteiger partial charge on any atom is 0.387 e. The molecule has 2 rings (SSSR count). The summed E-state index contributed by atoms with van der Waals surface area (Å²) in [6.45, 7) is -2.95. The van der Waals surface area contributed by atoms with E-state index in [0.29, 0.717) is 0 Å². The van der Waals surface area contributed by atoms with Crippen molar-refractivity contribution in [2.75, 3.05) is 12.4 Å². The Hall–Kier alpha value is -1.93. The van der Waals surface area contributed by atoms with E-state index in [1.807, 2.05) is 0 Å². The van der Waals surface area contributed by atoms with Gasteiger partial charge in [0.1, 0.15) is 5.75 Å². The number of nitrogens with one attached hydrogen (secondary N) is 1. The number of methoxy groups -OCH3 is 1. The number of alkyl halides is 2. The van der Waals surface area contributed by atoms with Crippen LogP contribution in [0.2, 0.25) is 5.15 Å². The summed E-state index contributed by atoms with van der Waals surface area (Å²) >= 11 is 6.76. The Kier molecular flexibility index (Phi) is 4.92. The highest BCUT2D eigenvalue weighted by Crippen LogP contribution is 2.33.